The Morgan fingerprint density at radius 2 is 2.04 bits per heavy atom. The van der Waals surface area contributed by atoms with E-state index in [0.717, 1.165) is 0 Å². The van der Waals surface area contributed by atoms with Gasteiger partial charge in [0.1, 0.15) is 12.6 Å². The molecule has 0 spiro atoms. The number of ether oxygens (including phenoxy) is 2. The lowest BCUT2D eigenvalue weighted by Crippen LogP contribution is -2.28. The van der Waals surface area contributed by atoms with E-state index in [1.807, 2.05) is 23.9 Å². The molecule has 1 aromatic heterocycles. The molecule has 2 rings (SSSR count). The SMILES string of the molecule is COc1ccc(NC(=O)c2ccc[n+](C)c2)cc1OCC(C)C. The van der Waals surface area contributed by atoms with E-state index >= 15 is 0 Å². The Bertz CT molecular complexity index is 684. The van der Waals surface area contributed by atoms with E-state index in [1.165, 1.54) is 0 Å². The third-order valence-corrected chi connectivity index (χ3v) is 3.20. The molecule has 0 saturated heterocycles. The number of pyridine rings is 1. The van der Waals surface area contributed by atoms with E-state index in [9.17, 15) is 4.79 Å². The Labute approximate surface area is 136 Å². The Hall–Kier alpha value is -2.56. The number of benzene rings is 1. The van der Waals surface area contributed by atoms with Crippen molar-refractivity contribution >= 4 is 11.6 Å². The minimum Gasteiger partial charge on any atom is -0.493 e. The fourth-order valence-electron chi connectivity index (χ4n) is 2.05. The van der Waals surface area contributed by atoms with E-state index in [1.54, 1.807) is 37.6 Å². The molecule has 0 atom stereocenters. The quantitative estimate of drug-likeness (QED) is 0.834. The zero-order valence-electron chi connectivity index (χ0n) is 14.0. The van der Waals surface area contributed by atoms with Crippen LogP contribution in [-0.2, 0) is 7.05 Å². The molecule has 1 amide bonds. The van der Waals surface area contributed by atoms with Crippen LogP contribution < -0.4 is 19.4 Å². The molecular formula is C18H23N2O3+. The number of methoxy groups -OCH3 is 1. The largest absolute Gasteiger partial charge is 0.493 e. The lowest BCUT2D eigenvalue weighted by molar-refractivity contribution is -0.671. The number of anilines is 1. The number of amides is 1. The van der Waals surface area contributed by atoms with Crippen molar-refractivity contribution in [2.75, 3.05) is 19.0 Å². The highest BCUT2D eigenvalue weighted by Gasteiger charge is 2.12. The minimum atomic E-state index is -0.166. The first-order chi connectivity index (χ1) is 11.0. The second kappa shape index (κ2) is 7.63. The summed E-state index contributed by atoms with van der Waals surface area (Å²) in [6.45, 7) is 4.74. The number of carbonyl (C=O) groups excluding carboxylic acids is 1. The van der Waals surface area contributed by atoms with Crippen LogP contribution in [-0.4, -0.2) is 19.6 Å². The Morgan fingerprint density at radius 3 is 2.70 bits per heavy atom. The van der Waals surface area contributed by atoms with Crippen LogP contribution in [0, 0.1) is 5.92 Å². The first-order valence-corrected chi connectivity index (χ1v) is 7.57. The number of aryl methyl sites for hydroxylation is 1. The van der Waals surface area contributed by atoms with Crippen molar-refractivity contribution in [2.45, 2.75) is 13.8 Å². The number of hydrogen-bond donors (Lipinski definition) is 1. The average Bonchev–Trinajstić information content (AvgIpc) is 2.53. The molecule has 1 aromatic carbocycles. The highest BCUT2D eigenvalue weighted by molar-refractivity contribution is 6.04. The van der Waals surface area contributed by atoms with Crippen LogP contribution in [0.25, 0.3) is 0 Å². The molecule has 0 radical (unpaired) electrons. The second-order valence-electron chi connectivity index (χ2n) is 5.78. The first kappa shape index (κ1) is 16.8. The first-order valence-electron chi connectivity index (χ1n) is 7.57. The van der Waals surface area contributed by atoms with Gasteiger partial charge in [0, 0.05) is 17.8 Å². The van der Waals surface area contributed by atoms with Crippen molar-refractivity contribution in [3.63, 3.8) is 0 Å². The molecule has 0 unspecified atom stereocenters. The van der Waals surface area contributed by atoms with E-state index in [2.05, 4.69) is 19.2 Å². The van der Waals surface area contributed by atoms with Gasteiger partial charge < -0.3 is 14.8 Å². The maximum atomic E-state index is 12.3. The van der Waals surface area contributed by atoms with Crippen LogP contribution in [0.2, 0.25) is 0 Å². The van der Waals surface area contributed by atoms with Gasteiger partial charge in [0.25, 0.3) is 5.91 Å². The molecule has 0 saturated carbocycles. The minimum absolute atomic E-state index is 0.166. The van der Waals surface area contributed by atoms with Gasteiger partial charge in [0.15, 0.2) is 23.9 Å². The van der Waals surface area contributed by atoms with Crippen LogP contribution >= 0.6 is 0 Å². The molecular weight excluding hydrogens is 292 g/mol. The van der Waals surface area contributed by atoms with Gasteiger partial charge in [-0.1, -0.05) is 13.8 Å². The van der Waals surface area contributed by atoms with Gasteiger partial charge >= 0.3 is 0 Å². The lowest BCUT2D eigenvalue weighted by atomic mass is 10.2. The predicted octanol–water partition coefficient (Wildman–Crippen LogP) is 2.81. The van der Waals surface area contributed by atoms with E-state index < -0.39 is 0 Å². The van der Waals surface area contributed by atoms with Crippen LogP contribution in [0.1, 0.15) is 24.2 Å². The van der Waals surface area contributed by atoms with Gasteiger partial charge in [-0.05, 0) is 24.1 Å². The Balaban J connectivity index is 2.16. The number of aromatic nitrogens is 1. The molecule has 0 aliphatic carbocycles. The summed E-state index contributed by atoms with van der Waals surface area (Å²) in [5.41, 5.74) is 1.26. The van der Waals surface area contributed by atoms with Crippen molar-refractivity contribution in [3.05, 3.63) is 48.3 Å². The molecule has 5 heteroatoms. The molecule has 23 heavy (non-hydrogen) atoms. The summed E-state index contributed by atoms with van der Waals surface area (Å²) in [5, 5.41) is 2.88. The topological polar surface area (TPSA) is 51.4 Å². The number of nitrogens with one attached hydrogen (secondary N) is 1. The van der Waals surface area contributed by atoms with Crippen LogP contribution in [0.5, 0.6) is 11.5 Å². The van der Waals surface area contributed by atoms with Gasteiger partial charge in [-0.3, -0.25) is 4.79 Å². The summed E-state index contributed by atoms with van der Waals surface area (Å²) in [7, 11) is 3.47. The highest BCUT2D eigenvalue weighted by atomic mass is 16.5. The molecule has 5 nitrogen and oxygen atoms in total. The molecule has 0 bridgehead atoms. The van der Waals surface area contributed by atoms with Crippen molar-refractivity contribution < 1.29 is 18.8 Å². The van der Waals surface area contributed by atoms with Crippen molar-refractivity contribution in [1.29, 1.82) is 0 Å². The third kappa shape index (κ3) is 4.71. The fourth-order valence-corrected chi connectivity index (χ4v) is 2.05. The van der Waals surface area contributed by atoms with Crippen LogP contribution in [0.3, 0.4) is 0 Å². The van der Waals surface area contributed by atoms with E-state index in [4.69, 9.17) is 9.47 Å². The van der Waals surface area contributed by atoms with Gasteiger partial charge in [0.2, 0.25) is 0 Å². The number of hydrogen-bond acceptors (Lipinski definition) is 3. The van der Waals surface area contributed by atoms with Gasteiger partial charge in [0.05, 0.1) is 13.7 Å². The summed E-state index contributed by atoms with van der Waals surface area (Å²) >= 11 is 0. The average molecular weight is 315 g/mol. The van der Waals surface area contributed by atoms with E-state index in [0.29, 0.717) is 35.3 Å². The molecule has 0 aliphatic heterocycles. The Kier molecular flexibility index (Phi) is 5.57. The van der Waals surface area contributed by atoms with Gasteiger partial charge in [-0.15, -0.1) is 0 Å². The smallest absolute Gasteiger partial charge is 0.261 e. The van der Waals surface area contributed by atoms with Crippen LogP contribution in [0.4, 0.5) is 5.69 Å². The number of nitrogens with zero attached hydrogens (tertiary/aromatic N) is 1. The van der Waals surface area contributed by atoms with E-state index in [-0.39, 0.29) is 5.91 Å². The summed E-state index contributed by atoms with van der Waals surface area (Å²) in [4.78, 5) is 12.3. The summed E-state index contributed by atoms with van der Waals surface area (Å²) in [6.07, 6.45) is 3.65. The summed E-state index contributed by atoms with van der Waals surface area (Å²) in [5.74, 6) is 1.51. The van der Waals surface area contributed by atoms with Crippen LogP contribution in [0.15, 0.2) is 42.7 Å². The van der Waals surface area contributed by atoms with Crippen molar-refractivity contribution in [2.24, 2.45) is 13.0 Å². The maximum absolute atomic E-state index is 12.3. The molecule has 1 heterocycles. The van der Waals surface area contributed by atoms with Crippen molar-refractivity contribution in [1.82, 2.24) is 0 Å². The number of carbonyl (C=O) groups is 1. The predicted molar refractivity (Wildman–Crippen MR) is 88.9 cm³/mol. The third-order valence-electron chi connectivity index (χ3n) is 3.20. The fraction of sp³-hybridized carbons (Fsp3) is 0.333. The molecule has 122 valence electrons. The zero-order chi connectivity index (χ0) is 16.8. The summed E-state index contributed by atoms with van der Waals surface area (Å²) in [6, 6.07) is 8.97. The Morgan fingerprint density at radius 1 is 1.26 bits per heavy atom. The highest BCUT2D eigenvalue weighted by Crippen LogP contribution is 2.30. The van der Waals surface area contributed by atoms with Gasteiger partial charge in [-0.25, -0.2) is 4.57 Å². The molecule has 0 aliphatic rings. The molecule has 1 N–H and O–H groups in total. The van der Waals surface area contributed by atoms with Gasteiger partial charge in [-0.2, -0.15) is 0 Å². The zero-order valence-corrected chi connectivity index (χ0v) is 14.0. The summed E-state index contributed by atoms with van der Waals surface area (Å²) < 4.78 is 12.9. The lowest BCUT2D eigenvalue weighted by Gasteiger charge is -2.14. The normalized spacial score (nSPS) is 10.5. The maximum Gasteiger partial charge on any atom is 0.261 e. The second-order valence-corrected chi connectivity index (χ2v) is 5.78. The monoisotopic (exact) mass is 315 g/mol. The van der Waals surface area contributed by atoms with Crippen molar-refractivity contribution in [3.8, 4) is 11.5 Å². The molecule has 2 aromatic rings. The molecule has 0 fully saturated rings. The number of rotatable bonds is 6. The standard InChI is InChI=1S/C18H22N2O3/c1-13(2)12-23-17-10-15(7-8-16(17)22-4)19-18(21)14-6-5-9-20(3)11-14/h5-11,13H,12H2,1-4H3/p+1.